The van der Waals surface area contributed by atoms with E-state index in [0.717, 1.165) is 12.0 Å². The van der Waals surface area contributed by atoms with E-state index in [1.165, 1.54) is 27.8 Å². The lowest BCUT2D eigenvalue weighted by Crippen LogP contribution is -1.93. The standard InChI is InChI=1S/C16H22/c1-7-15-10-16(13(5)8-11(2)3)14(6)9-12(15)4/h8-10H,2,7H2,1,3-6H3/b13-8-. The van der Waals surface area contributed by atoms with E-state index in [4.69, 9.17) is 0 Å². The zero-order valence-corrected chi connectivity index (χ0v) is 11.1. The number of hydrogen-bond donors (Lipinski definition) is 0. The first kappa shape index (κ1) is 12.8. The van der Waals surface area contributed by atoms with Crippen LogP contribution >= 0.6 is 0 Å². The zero-order valence-electron chi connectivity index (χ0n) is 11.1. The van der Waals surface area contributed by atoms with Crippen LogP contribution in [0.15, 0.2) is 30.4 Å². The van der Waals surface area contributed by atoms with Gasteiger partial charge in [0.05, 0.1) is 0 Å². The summed E-state index contributed by atoms with van der Waals surface area (Å²) in [4.78, 5) is 0. The van der Waals surface area contributed by atoms with Crippen LogP contribution in [0, 0.1) is 13.8 Å². The number of allylic oxidation sites excluding steroid dienone is 3. The molecule has 1 aromatic carbocycles. The zero-order chi connectivity index (χ0) is 12.3. The molecule has 0 spiro atoms. The van der Waals surface area contributed by atoms with E-state index < -0.39 is 0 Å². The van der Waals surface area contributed by atoms with Crippen molar-refractivity contribution in [3.05, 3.63) is 52.6 Å². The Kier molecular flexibility index (Phi) is 4.12. The fraction of sp³-hybridized carbons (Fsp3) is 0.375. The van der Waals surface area contributed by atoms with Crippen molar-refractivity contribution in [2.75, 3.05) is 0 Å². The first-order valence-corrected chi connectivity index (χ1v) is 5.90. The first-order chi connectivity index (χ1) is 7.45. The third kappa shape index (κ3) is 2.85. The molecular weight excluding hydrogens is 192 g/mol. The fourth-order valence-electron chi connectivity index (χ4n) is 2.15. The molecule has 0 unspecified atom stereocenters. The lowest BCUT2D eigenvalue weighted by molar-refractivity contribution is 1.10. The van der Waals surface area contributed by atoms with Gasteiger partial charge in [0.15, 0.2) is 0 Å². The van der Waals surface area contributed by atoms with Crippen LogP contribution in [0.25, 0.3) is 5.57 Å². The molecule has 16 heavy (non-hydrogen) atoms. The van der Waals surface area contributed by atoms with Crippen LogP contribution in [-0.4, -0.2) is 0 Å². The molecule has 0 amide bonds. The maximum absolute atomic E-state index is 3.93. The largest absolute Gasteiger partial charge is 0.0961 e. The summed E-state index contributed by atoms with van der Waals surface area (Å²) in [7, 11) is 0. The average Bonchev–Trinajstić information content (AvgIpc) is 2.16. The quantitative estimate of drug-likeness (QED) is 0.631. The van der Waals surface area contributed by atoms with Gasteiger partial charge < -0.3 is 0 Å². The second kappa shape index (κ2) is 5.16. The minimum Gasteiger partial charge on any atom is -0.0961 e. The van der Waals surface area contributed by atoms with Gasteiger partial charge in [-0.15, -0.1) is 0 Å². The van der Waals surface area contributed by atoms with Crippen molar-refractivity contribution in [3.63, 3.8) is 0 Å². The second-order valence-electron chi connectivity index (χ2n) is 4.62. The predicted octanol–water partition coefficient (Wildman–Crippen LogP) is 4.85. The Hall–Kier alpha value is -1.30. The summed E-state index contributed by atoms with van der Waals surface area (Å²) in [5.74, 6) is 0. The van der Waals surface area contributed by atoms with E-state index >= 15 is 0 Å². The van der Waals surface area contributed by atoms with Crippen molar-refractivity contribution in [3.8, 4) is 0 Å². The maximum Gasteiger partial charge on any atom is -0.0195 e. The van der Waals surface area contributed by atoms with Crippen LogP contribution in [0.4, 0.5) is 0 Å². The summed E-state index contributed by atoms with van der Waals surface area (Å²) in [5, 5.41) is 0. The summed E-state index contributed by atoms with van der Waals surface area (Å²) in [5.41, 5.74) is 7.95. The summed E-state index contributed by atoms with van der Waals surface area (Å²) >= 11 is 0. The minimum atomic E-state index is 1.10. The van der Waals surface area contributed by atoms with Crippen LogP contribution in [0.2, 0.25) is 0 Å². The van der Waals surface area contributed by atoms with Gasteiger partial charge in [0, 0.05) is 0 Å². The Morgan fingerprint density at radius 1 is 1.19 bits per heavy atom. The molecule has 0 heterocycles. The number of rotatable bonds is 3. The molecule has 1 rings (SSSR count). The molecule has 0 aliphatic heterocycles. The van der Waals surface area contributed by atoms with Crippen LogP contribution in [0.3, 0.4) is 0 Å². The third-order valence-electron chi connectivity index (χ3n) is 2.95. The van der Waals surface area contributed by atoms with Crippen molar-refractivity contribution >= 4 is 5.57 Å². The molecule has 0 saturated carbocycles. The summed E-state index contributed by atoms with van der Waals surface area (Å²) in [6.07, 6.45) is 3.25. The Balaban J connectivity index is 3.29. The molecule has 0 bridgehead atoms. The van der Waals surface area contributed by atoms with Crippen molar-refractivity contribution in [2.24, 2.45) is 0 Å². The lowest BCUT2D eigenvalue weighted by atomic mass is 9.94. The van der Waals surface area contributed by atoms with Gasteiger partial charge in [0.25, 0.3) is 0 Å². The van der Waals surface area contributed by atoms with Crippen molar-refractivity contribution in [2.45, 2.75) is 41.0 Å². The highest BCUT2D eigenvalue weighted by Crippen LogP contribution is 2.24. The number of hydrogen-bond acceptors (Lipinski definition) is 0. The topological polar surface area (TPSA) is 0 Å². The molecule has 0 aromatic heterocycles. The minimum absolute atomic E-state index is 1.10. The van der Waals surface area contributed by atoms with E-state index in [0.29, 0.717) is 0 Å². The maximum atomic E-state index is 3.93. The SMILES string of the molecule is C=C(C)/C=C(/C)c1cc(CC)c(C)cc1C. The summed E-state index contributed by atoms with van der Waals surface area (Å²) < 4.78 is 0. The lowest BCUT2D eigenvalue weighted by Gasteiger charge is -2.12. The predicted molar refractivity (Wildman–Crippen MR) is 73.8 cm³/mol. The molecule has 0 fully saturated rings. The highest BCUT2D eigenvalue weighted by molar-refractivity contribution is 5.69. The van der Waals surface area contributed by atoms with Crippen molar-refractivity contribution in [1.29, 1.82) is 0 Å². The molecule has 0 radical (unpaired) electrons. The van der Waals surface area contributed by atoms with E-state index in [9.17, 15) is 0 Å². The molecule has 0 heteroatoms. The first-order valence-electron chi connectivity index (χ1n) is 5.90. The van der Waals surface area contributed by atoms with Crippen LogP contribution < -0.4 is 0 Å². The average molecular weight is 214 g/mol. The van der Waals surface area contributed by atoms with Gasteiger partial charge in [-0.05, 0) is 61.9 Å². The molecule has 86 valence electrons. The van der Waals surface area contributed by atoms with E-state index in [1.54, 1.807) is 0 Å². The van der Waals surface area contributed by atoms with Crippen LogP contribution in [-0.2, 0) is 6.42 Å². The van der Waals surface area contributed by atoms with Crippen LogP contribution in [0.5, 0.6) is 0 Å². The Morgan fingerprint density at radius 2 is 1.81 bits per heavy atom. The second-order valence-corrected chi connectivity index (χ2v) is 4.62. The van der Waals surface area contributed by atoms with Crippen LogP contribution in [0.1, 0.15) is 43.0 Å². The van der Waals surface area contributed by atoms with Crippen molar-refractivity contribution in [1.82, 2.24) is 0 Å². The van der Waals surface area contributed by atoms with Gasteiger partial charge in [-0.1, -0.05) is 37.3 Å². The van der Waals surface area contributed by atoms with E-state index in [2.05, 4.69) is 52.5 Å². The Morgan fingerprint density at radius 3 is 2.31 bits per heavy atom. The number of benzene rings is 1. The van der Waals surface area contributed by atoms with E-state index in [1.807, 2.05) is 6.92 Å². The van der Waals surface area contributed by atoms with Gasteiger partial charge in [-0.3, -0.25) is 0 Å². The molecular formula is C16H22. The molecule has 1 aromatic rings. The third-order valence-corrected chi connectivity index (χ3v) is 2.95. The van der Waals surface area contributed by atoms with Crippen molar-refractivity contribution < 1.29 is 0 Å². The smallest absolute Gasteiger partial charge is 0.0195 e. The molecule has 0 nitrogen and oxygen atoms in total. The van der Waals surface area contributed by atoms with Gasteiger partial charge in [0.2, 0.25) is 0 Å². The van der Waals surface area contributed by atoms with Gasteiger partial charge in [-0.25, -0.2) is 0 Å². The molecule has 0 saturated heterocycles. The Labute approximate surface area is 99.7 Å². The number of aryl methyl sites for hydroxylation is 3. The molecule has 0 N–H and O–H groups in total. The van der Waals surface area contributed by atoms with Gasteiger partial charge >= 0.3 is 0 Å². The highest BCUT2D eigenvalue weighted by atomic mass is 14.1. The monoisotopic (exact) mass is 214 g/mol. The molecule has 0 aliphatic rings. The summed E-state index contributed by atoms with van der Waals surface area (Å²) in [6.45, 7) is 14.7. The summed E-state index contributed by atoms with van der Waals surface area (Å²) in [6, 6.07) is 4.60. The normalized spacial score (nSPS) is 11.7. The van der Waals surface area contributed by atoms with Gasteiger partial charge in [0.1, 0.15) is 0 Å². The molecule has 0 atom stereocenters. The van der Waals surface area contributed by atoms with Gasteiger partial charge in [-0.2, -0.15) is 0 Å². The highest BCUT2D eigenvalue weighted by Gasteiger charge is 2.04. The van der Waals surface area contributed by atoms with E-state index in [-0.39, 0.29) is 0 Å². The Bertz CT molecular complexity index is 434. The fourth-order valence-corrected chi connectivity index (χ4v) is 2.15. The molecule has 0 aliphatic carbocycles.